The van der Waals surface area contributed by atoms with Crippen molar-refractivity contribution in [3.63, 3.8) is 0 Å². The van der Waals surface area contributed by atoms with E-state index in [0.717, 1.165) is 6.54 Å². The summed E-state index contributed by atoms with van der Waals surface area (Å²) in [6.45, 7) is 0.169. The SMILES string of the molecule is COC(O)OCCN(C)C. The summed E-state index contributed by atoms with van der Waals surface area (Å²) in [4.78, 5) is 1.96. The van der Waals surface area contributed by atoms with Crippen LogP contribution in [0.15, 0.2) is 0 Å². The molecule has 0 aliphatic carbocycles. The van der Waals surface area contributed by atoms with E-state index in [2.05, 4.69) is 4.74 Å². The fraction of sp³-hybridized carbons (Fsp3) is 1.00. The Balaban J connectivity index is 3.03. The third-order valence-corrected chi connectivity index (χ3v) is 1.00. The van der Waals surface area contributed by atoms with Crippen molar-refractivity contribution in [2.75, 3.05) is 34.4 Å². The van der Waals surface area contributed by atoms with Gasteiger partial charge >= 0.3 is 0 Å². The molecule has 4 heteroatoms. The quantitative estimate of drug-likeness (QED) is 0.534. The molecule has 0 aromatic rings. The molecule has 0 fully saturated rings. The van der Waals surface area contributed by atoms with Gasteiger partial charge in [-0.3, -0.25) is 0 Å². The molecular formula is C6H15NO3. The molecule has 1 atom stereocenters. The van der Waals surface area contributed by atoms with Gasteiger partial charge in [0.1, 0.15) is 0 Å². The van der Waals surface area contributed by atoms with Gasteiger partial charge in [-0.25, -0.2) is 0 Å². The molecule has 0 heterocycles. The lowest BCUT2D eigenvalue weighted by molar-refractivity contribution is -0.250. The number of methoxy groups -OCH3 is 1. The average Bonchev–Trinajstić information content (AvgIpc) is 1.87. The van der Waals surface area contributed by atoms with Gasteiger partial charge in [0.25, 0.3) is 6.48 Å². The second-order valence-electron chi connectivity index (χ2n) is 2.22. The number of hydrogen-bond acceptors (Lipinski definition) is 4. The van der Waals surface area contributed by atoms with Gasteiger partial charge in [0.2, 0.25) is 0 Å². The van der Waals surface area contributed by atoms with Gasteiger partial charge in [0.05, 0.1) is 6.61 Å². The van der Waals surface area contributed by atoms with Crippen LogP contribution in [0, 0.1) is 0 Å². The highest BCUT2D eigenvalue weighted by Gasteiger charge is 1.99. The molecular weight excluding hydrogens is 134 g/mol. The maximum absolute atomic E-state index is 8.71. The van der Waals surface area contributed by atoms with Crippen LogP contribution in [0.2, 0.25) is 0 Å². The highest BCUT2D eigenvalue weighted by molar-refractivity contribution is 4.38. The topological polar surface area (TPSA) is 41.9 Å². The summed E-state index contributed by atoms with van der Waals surface area (Å²) in [5, 5.41) is 8.71. The zero-order chi connectivity index (χ0) is 7.98. The first-order valence-electron chi connectivity index (χ1n) is 3.14. The zero-order valence-corrected chi connectivity index (χ0v) is 6.70. The number of ether oxygens (including phenoxy) is 2. The Morgan fingerprint density at radius 2 is 2.10 bits per heavy atom. The Hall–Kier alpha value is -0.160. The van der Waals surface area contributed by atoms with E-state index in [1.165, 1.54) is 7.11 Å². The summed E-state index contributed by atoms with van der Waals surface area (Å²) in [7, 11) is 5.26. The molecule has 0 spiro atoms. The fourth-order valence-corrected chi connectivity index (χ4v) is 0.404. The smallest absolute Gasteiger partial charge is 0.268 e. The summed E-state index contributed by atoms with van der Waals surface area (Å²) in [6, 6.07) is 0. The molecule has 0 aliphatic rings. The number of rotatable bonds is 5. The molecule has 0 rings (SSSR count). The van der Waals surface area contributed by atoms with Crippen molar-refractivity contribution in [2.45, 2.75) is 6.48 Å². The van der Waals surface area contributed by atoms with Crippen LogP contribution in [-0.4, -0.2) is 50.8 Å². The summed E-state index contributed by atoms with van der Waals surface area (Å²) in [6.07, 6.45) is 0. The molecule has 0 amide bonds. The van der Waals surface area contributed by atoms with Gasteiger partial charge < -0.3 is 19.5 Å². The first-order valence-corrected chi connectivity index (χ1v) is 3.14. The molecule has 0 aliphatic heterocycles. The molecule has 10 heavy (non-hydrogen) atoms. The Morgan fingerprint density at radius 3 is 2.50 bits per heavy atom. The van der Waals surface area contributed by atoms with Gasteiger partial charge in [-0.15, -0.1) is 0 Å². The molecule has 0 saturated carbocycles. The van der Waals surface area contributed by atoms with Gasteiger partial charge in [0.15, 0.2) is 0 Å². The lowest BCUT2D eigenvalue weighted by Gasteiger charge is -2.12. The number of nitrogens with zero attached hydrogens (tertiary/aromatic N) is 1. The van der Waals surface area contributed by atoms with E-state index in [4.69, 9.17) is 9.84 Å². The standard InChI is InChI=1S/C6H15NO3/c1-7(2)4-5-10-6(8)9-3/h6,8H,4-5H2,1-3H3. The fourth-order valence-electron chi connectivity index (χ4n) is 0.404. The van der Waals surface area contributed by atoms with Crippen molar-refractivity contribution in [3.05, 3.63) is 0 Å². The van der Waals surface area contributed by atoms with E-state index in [9.17, 15) is 0 Å². The Bertz CT molecular complexity index is 77.4. The molecule has 0 bridgehead atoms. The van der Waals surface area contributed by atoms with Crippen LogP contribution in [0.5, 0.6) is 0 Å². The van der Waals surface area contributed by atoms with Gasteiger partial charge in [-0.05, 0) is 14.1 Å². The third kappa shape index (κ3) is 5.97. The first kappa shape index (κ1) is 9.84. The summed E-state index contributed by atoms with van der Waals surface area (Å²) in [5.41, 5.74) is 0. The van der Waals surface area contributed by atoms with Gasteiger partial charge in [0, 0.05) is 13.7 Å². The molecule has 1 N–H and O–H groups in total. The third-order valence-electron chi connectivity index (χ3n) is 1.00. The van der Waals surface area contributed by atoms with Crippen LogP contribution in [0.3, 0.4) is 0 Å². The van der Waals surface area contributed by atoms with Crippen LogP contribution in [0.25, 0.3) is 0 Å². The number of likely N-dealkylation sites (N-methyl/N-ethyl adjacent to an activating group) is 1. The van der Waals surface area contributed by atoms with Crippen LogP contribution in [-0.2, 0) is 9.47 Å². The predicted molar refractivity (Wildman–Crippen MR) is 37.5 cm³/mol. The summed E-state index contributed by atoms with van der Waals surface area (Å²) < 4.78 is 9.24. The highest BCUT2D eigenvalue weighted by Crippen LogP contribution is 1.86. The Labute approximate surface area is 61.3 Å². The maximum Gasteiger partial charge on any atom is 0.268 e. The second-order valence-corrected chi connectivity index (χ2v) is 2.22. The highest BCUT2D eigenvalue weighted by atomic mass is 16.8. The van der Waals surface area contributed by atoms with Crippen LogP contribution >= 0.6 is 0 Å². The van der Waals surface area contributed by atoms with E-state index in [0.29, 0.717) is 6.61 Å². The number of aliphatic hydroxyl groups is 1. The largest absolute Gasteiger partial charge is 0.346 e. The van der Waals surface area contributed by atoms with Crippen molar-refractivity contribution in [1.29, 1.82) is 0 Å². The van der Waals surface area contributed by atoms with E-state index < -0.39 is 6.48 Å². The minimum absolute atomic E-state index is 0.474. The lowest BCUT2D eigenvalue weighted by Crippen LogP contribution is -2.22. The van der Waals surface area contributed by atoms with Gasteiger partial charge in [-0.2, -0.15) is 0 Å². The normalized spacial score (nSPS) is 14.1. The number of aliphatic hydroxyl groups excluding tert-OH is 1. The minimum atomic E-state index is -1.08. The second kappa shape index (κ2) is 5.61. The zero-order valence-electron chi connectivity index (χ0n) is 6.70. The maximum atomic E-state index is 8.71. The summed E-state index contributed by atoms with van der Waals surface area (Å²) >= 11 is 0. The van der Waals surface area contributed by atoms with Crippen molar-refractivity contribution in [3.8, 4) is 0 Å². The van der Waals surface area contributed by atoms with Gasteiger partial charge in [-0.1, -0.05) is 0 Å². The van der Waals surface area contributed by atoms with Crippen molar-refractivity contribution >= 4 is 0 Å². The molecule has 0 saturated heterocycles. The predicted octanol–water partition coefficient (Wildman–Crippen LogP) is -0.513. The Kier molecular flexibility index (Phi) is 5.52. The van der Waals surface area contributed by atoms with E-state index >= 15 is 0 Å². The molecule has 1 unspecified atom stereocenters. The van der Waals surface area contributed by atoms with E-state index in [1.54, 1.807) is 0 Å². The Morgan fingerprint density at radius 1 is 1.50 bits per heavy atom. The average molecular weight is 149 g/mol. The van der Waals surface area contributed by atoms with Crippen LogP contribution in [0.4, 0.5) is 0 Å². The lowest BCUT2D eigenvalue weighted by atomic mass is 10.6. The van der Waals surface area contributed by atoms with E-state index in [-0.39, 0.29) is 0 Å². The molecule has 0 aromatic carbocycles. The molecule has 0 aromatic heterocycles. The minimum Gasteiger partial charge on any atom is -0.346 e. The molecule has 4 nitrogen and oxygen atoms in total. The van der Waals surface area contributed by atoms with Crippen molar-refractivity contribution < 1.29 is 14.6 Å². The first-order chi connectivity index (χ1) is 4.66. The summed E-state index contributed by atoms with van der Waals surface area (Å²) in [5.74, 6) is 0. The van der Waals surface area contributed by atoms with Crippen molar-refractivity contribution in [1.82, 2.24) is 4.90 Å². The molecule has 0 radical (unpaired) electrons. The number of hydrogen-bond donors (Lipinski definition) is 1. The van der Waals surface area contributed by atoms with Crippen LogP contribution < -0.4 is 0 Å². The van der Waals surface area contributed by atoms with Crippen LogP contribution in [0.1, 0.15) is 0 Å². The molecule has 62 valence electrons. The van der Waals surface area contributed by atoms with Crippen molar-refractivity contribution in [2.24, 2.45) is 0 Å². The van der Waals surface area contributed by atoms with E-state index in [1.807, 2.05) is 19.0 Å². The monoisotopic (exact) mass is 149 g/mol.